The number of hydrogen-bond acceptors (Lipinski definition) is 3. The van der Waals surface area contributed by atoms with E-state index in [2.05, 4.69) is 24.1 Å². The largest absolute Gasteiger partial charge is 0.377 e. The molecule has 124 valence electrons. The minimum absolute atomic E-state index is 0.536. The fourth-order valence-corrected chi connectivity index (χ4v) is 5.26. The molecule has 1 aliphatic carbocycles. The Labute approximate surface area is 136 Å². The van der Waals surface area contributed by atoms with E-state index >= 15 is 0 Å². The van der Waals surface area contributed by atoms with E-state index < -0.39 is 0 Å². The Balaban J connectivity index is 1.80. The van der Waals surface area contributed by atoms with Gasteiger partial charge in [0, 0.05) is 23.7 Å². The van der Waals surface area contributed by atoms with Crippen molar-refractivity contribution in [1.82, 2.24) is 5.32 Å². The van der Waals surface area contributed by atoms with E-state index in [4.69, 9.17) is 4.74 Å². The van der Waals surface area contributed by atoms with Gasteiger partial charge in [-0.2, -0.15) is 11.8 Å². The SMILES string of the molecule is CNC1CCCCCCCCCCC1SCC1CCCO1. The van der Waals surface area contributed by atoms with Gasteiger partial charge in [0.1, 0.15) is 0 Å². The zero-order valence-electron chi connectivity index (χ0n) is 13.9. The first-order chi connectivity index (χ1) is 10.4. The molecule has 2 fully saturated rings. The van der Waals surface area contributed by atoms with Crippen LogP contribution in [0.25, 0.3) is 0 Å². The van der Waals surface area contributed by atoms with Gasteiger partial charge in [-0.25, -0.2) is 0 Å². The van der Waals surface area contributed by atoms with Crippen molar-refractivity contribution in [3.05, 3.63) is 0 Å². The van der Waals surface area contributed by atoms with Crippen molar-refractivity contribution in [2.75, 3.05) is 19.4 Å². The lowest BCUT2D eigenvalue weighted by molar-refractivity contribution is 0.128. The Bertz CT molecular complexity index is 256. The lowest BCUT2D eigenvalue weighted by Gasteiger charge is -2.28. The molecule has 0 bridgehead atoms. The average Bonchev–Trinajstić information content (AvgIpc) is 3.00. The molecule has 2 rings (SSSR count). The van der Waals surface area contributed by atoms with E-state index in [-0.39, 0.29) is 0 Å². The minimum Gasteiger partial charge on any atom is -0.377 e. The third kappa shape index (κ3) is 6.92. The Morgan fingerprint density at radius 2 is 1.52 bits per heavy atom. The van der Waals surface area contributed by atoms with Crippen molar-refractivity contribution in [2.24, 2.45) is 0 Å². The van der Waals surface area contributed by atoms with Crippen LogP contribution in [0.2, 0.25) is 0 Å². The Kier molecular flexibility index (Phi) is 9.15. The Morgan fingerprint density at radius 3 is 2.14 bits per heavy atom. The van der Waals surface area contributed by atoms with Gasteiger partial charge in [0.2, 0.25) is 0 Å². The highest BCUT2D eigenvalue weighted by atomic mass is 32.2. The molecule has 0 aromatic heterocycles. The van der Waals surface area contributed by atoms with Crippen molar-refractivity contribution in [3.8, 4) is 0 Å². The molecule has 3 heteroatoms. The monoisotopic (exact) mass is 313 g/mol. The number of ether oxygens (including phenoxy) is 1. The summed E-state index contributed by atoms with van der Waals surface area (Å²) in [5, 5.41) is 4.41. The molecular weight excluding hydrogens is 278 g/mol. The third-order valence-corrected chi connectivity index (χ3v) is 6.65. The van der Waals surface area contributed by atoms with Crippen LogP contribution in [0, 0.1) is 0 Å². The zero-order chi connectivity index (χ0) is 14.8. The highest BCUT2D eigenvalue weighted by Crippen LogP contribution is 2.28. The Hall–Kier alpha value is 0.270. The van der Waals surface area contributed by atoms with Crippen LogP contribution in [0.4, 0.5) is 0 Å². The quantitative estimate of drug-likeness (QED) is 0.808. The molecule has 2 aliphatic rings. The van der Waals surface area contributed by atoms with Gasteiger partial charge < -0.3 is 10.1 Å². The second-order valence-corrected chi connectivity index (χ2v) is 8.08. The van der Waals surface area contributed by atoms with Gasteiger partial charge in [-0.05, 0) is 32.7 Å². The second kappa shape index (κ2) is 10.9. The van der Waals surface area contributed by atoms with Crippen molar-refractivity contribution in [1.29, 1.82) is 0 Å². The third-order valence-electron chi connectivity index (χ3n) is 5.09. The molecule has 0 aromatic carbocycles. The van der Waals surface area contributed by atoms with Crippen molar-refractivity contribution >= 4 is 11.8 Å². The summed E-state index contributed by atoms with van der Waals surface area (Å²) in [5.74, 6) is 1.21. The number of thioether (sulfide) groups is 1. The van der Waals surface area contributed by atoms with Crippen LogP contribution in [0.5, 0.6) is 0 Å². The van der Waals surface area contributed by atoms with E-state index in [1.807, 2.05) is 0 Å². The van der Waals surface area contributed by atoms with Crippen LogP contribution < -0.4 is 5.32 Å². The maximum Gasteiger partial charge on any atom is 0.0666 e. The smallest absolute Gasteiger partial charge is 0.0666 e. The number of rotatable bonds is 4. The van der Waals surface area contributed by atoms with Gasteiger partial charge >= 0.3 is 0 Å². The van der Waals surface area contributed by atoms with E-state index in [1.54, 1.807) is 0 Å². The zero-order valence-corrected chi connectivity index (χ0v) is 14.8. The van der Waals surface area contributed by atoms with Crippen LogP contribution >= 0.6 is 11.8 Å². The average molecular weight is 314 g/mol. The first-order valence-electron chi connectivity index (χ1n) is 9.30. The molecule has 21 heavy (non-hydrogen) atoms. The maximum atomic E-state index is 5.81. The summed E-state index contributed by atoms with van der Waals surface area (Å²) in [7, 11) is 2.16. The van der Waals surface area contributed by atoms with Crippen LogP contribution in [0.1, 0.15) is 77.0 Å². The van der Waals surface area contributed by atoms with Gasteiger partial charge in [0.25, 0.3) is 0 Å². The topological polar surface area (TPSA) is 21.3 Å². The predicted octanol–water partition coefficient (Wildman–Crippen LogP) is 4.77. The number of hydrogen-bond donors (Lipinski definition) is 1. The Morgan fingerprint density at radius 1 is 0.857 bits per heavy atom. The van der Waals surface area contributed by atoms with Gasteiger partial charge in [-0.15, -0.1) is 0 Å². The van der Waals surface area contributed by atoms with E-state index in [0.29, 0.717) is 12.1 Å². The van der Waals surface area contributed by atoms with Gasteiger partial charge in [-0.3, -0.25) is 0 Å². The highest BCUT2D eigenvalue weighted by molar-refractivity contribution is 8.00. The molecule has 1 aliphatic heterocycles. The molecule has 0 radical (unpaired) electrons. The van der Waals surface area contributed by atoms with E-state index in [0.717, 1.165) is 11.9 Å². The fraction of sp³-hybridized carbons (Fsp3) is 1.00. The van der Waals surface area contributed by atoms with Gasteiger partial charge in [-0.1, -0.05) is 51.4 Å². The molecule has 0 aromatic rings. The summed E-state index contributed by atoms with van der Waals surface area (Å²) in [5.41, 5.74) is 0. The van der Waals surface area contributed by atoms with Crippen LogP contribution in [-0.4, -0.2) is 36.8 Å². The van der Waals surface area contributed by atoms with Crippen molar-refractivity contribution in [2.45, 2.75) is 94.4 Å². The summed E-state index contributed by atoms with van der Waals surface area (Å²) in [6, 6.07) is 0.704. The van der Waals surface area contributed by atoms with Crippen molar-refractivity contribution < 1.29 is 4.74 Å². The highest BCUT2D eigenvalue weighted by Gasteiger charge is 2.23. The summed E-state index contributed by atoms with van der Waals surface area (Å²) >= 11 is 2.19. The molecule has 3 atom stereocenters. The molecule has 3 unspecified atom stereocenters. The molecule has 0 spiro atoms. The summed E-state index contributed by atoms with van der Waals surface area (Å²) in [4.78, 5) is 0. The number of nitrogens with one attached hydrogen (secondary N) is 1. The molecule has 1 saturated carbocycles. The van der Waals surface area contributed by atoms with Crippen LogP contribution in [-0.2, 0) is 4.74 Å². The van der Waals surface area contributed by atoms with Crippen LogP contribution in [0.3, 0.4) is 0 Å². The molecule has 1 saturated heterocycles. The second-order valence-electron chi connectivity index (χ2n) is 6.81. The maximum absolute atomic E-state index is 5.81. The standard InChI is InChI=1S/C18H35NOS/c1-19-17-12-8-6-4-2-3-5-7-9-13-18(17)21-15-16-11-10-14-20-16/h16-19H,2-15H2,1H3. The summed E-state index contributed by atoms with van der Waals surface area (Å²) < 4.78 is 5.81. The van der Waals surface area contributed by atoms with E-state index in [1.165, 1.54) is 82.8 Å². The molecule has 2 nitrogen and oxygen atoms in total. The molecular formula is C18H35NOS. The molecule has 1 N–H and O–H groups in total. The van der Waals surface area contributed by atoms with Crippen molar-refractivity contribution in [3.63, 3.8) is 0 Å². The normalized spacial score (nSPS) is 33.3. The first-order valence-corrected chi connectivity index (χ1v) is 10.4. The fourth-order valence-electron chi connectivity index (χ4n) is 3.69. The first kappa shape index (κ1) is 17.6. The lowest BCUT2D eigenvalue weighted by Crippen LogP contribution is -2.36. The van der Waals surface area contributed by atoms with Crippen LogP contribution in [0.15, 0.2) is 0 Å². The van der Waals surface area contributed by atoms with Gasteiger partial charge in [0.15, 0.2) is 0 Å². The minimum atomic E-state index is 0.536. The summed E-state index contributed by atoms with van der Waals surface area (Å²) in [6.45, 7) is 0.991. The molecule has 0 amide bonds. The summed E-state index contributed by atoms with van der Waals surface area (Å²) in [6.07, 6.45) is 17.4. The predicted molar refractivity (Wildman–Crippen MR) is 94.2 cm³/mol. The van der Waals surface area contributed by atoms with Gasteiger partial charge in [0.05, 0.1) is 6.10 Å². The lowest BCUT2D eigenvalue weighted by atomic mass is 9.97. The van der Waals surface area contributed by atoms with E-state index in [9.17, 15) is 0 Å². The molecule has 1 heterocycles.